The highest BCUT2D eigenvalue weighted by atomic mass is 28.4. The highest BCUT2D eigenvalue weighted by Gasteiger charge is 2.44. The van der Waals surface area contributed by atoms with Gasteiger partial charge in [-0.25, -0.2) is 8.78 Å². The molecule has 0 amide bonds. The molecule has 0 aliphatic rings. The summed E-state index contributed by atoms with van der Waals surface area (Å²) < 4.78 is 33.0. The van der Waals surface area contributed by atoms with Gasteiger partial charge in [-0.2, -0.15) is 0 Å². The van der Waals surface area contributed by atoms with E-state index in [0.29, 0.717) is 5.69 Å². The van der Waals surface area contributed by atoms with Crippen molar-refractivity contribution in [2.24, 2.45) is 0 Å². The maximum atomic E-state index is 13.8. The van der Waals surface area contributed by atoms with Crippen molar-refractivity contribution >= 4 is 14.4 Å². The maximum absolute atomic E-state index is 13.8. The van der Waals surface area contributed by atoms with Crippen LogP contribution in [0, 0.1) is 11.6 Å². The Balaban J connectivity index is 3.21. The SMILES string of the molecule is CN(C)[Si](Nc1ccc(F)cc1F)(N(C)C)N(C)C. The van der Waals surface area contributed by atoms with Gasteiger partial charge in [-0.3, -0.25) is 13.7 Å². The van der Waals surface area contributed by atoms with Crippen molar-refractivity contribution in [3.8, 4) is 0 Å². The van der Waals surface area contributed by atoms with E-state index in [0.717, 1.165) is 6.07 Å². The van der Waals surface area contributed by atoms with Crippen LogP contribution in [0.2, 0.25) is 0 Å². The lowest BCUT2D eigenvalue weighted by Gasteiger charge is -2.46. The number of halogens is 2. The molecule has 0 spiro atoms. The Morgan fingerprint density at radius 1 is 0.895 bits per heavy atom. The third-order valence-corrected chi connectivity index (χ3v) is 7.45. The molecule has 0 fully saturated rings. The van der Waals surface area contributed by atoms with E-state index >= 15 is 0 Å². The Morgan fingerprint density at radius 2 is 1.37 bits per heavy atom. The fourth-order valence-electron chi connectivity index (χ4n) is 2.31. The largest absolute Gasteiger partial charge is 0.404 e. The van der Waals surface area contributed by atoms with Crippen LogP contribution in [0.5, 0.6) is 0 Å². The summed E-state index contributed by atoms with van der Waals surface area (Å²) in [5.41, 5.74) is 0.309. The monoisotopic (exact) mass is 288 g/mol. The first-order chi connectivity index (χ1) is 8.71. The zero-order valence-electron chi connectivity index (χ0n) is 12.3. The molecular formula is C12H22F2N4Si. The van der Waals surface area contributed by atoms with Gasteiger partial charge >= 0.3 is 8.72 Å². The van der Waals surface area contributed by atoms with Crippen LogP contribution in [-0.4, -0.2) is 64.7 Å². The van der Waals surface area contributed by atoms with Crippen molar-refractivity contribution in [1.29, 1.82) is 0 Å². The summed E-state index contributed by atoms with van der Waals surface area (Å²) in [5, 5.41) is 0. The summed E-state index contributed by atoms with van der Waals surface area (Å²) in [6.07, 6.45) is 0. The molecule has 1 aromatic carbocycles. The van der Waals surface area contributed by atoms with Gasteiger partial charge in [0.2, 0.25) is 0 Å². The first-order valence-corrected chi connectivity index (χ1v) is 7.81. The van der Waals surface area contributed by atoms with Gasteiger partial charge in [0.25, 0.3) is 0 Å². The summed E-state index contributed by atoms with van der Waals surface area (Å²) in [5.74, 6) is -1.16. The molecule has 0 unspecified atom stereocenters. The fraction of sp³-hybridized carbons (Fsp3) is 0.500. The second kappa shape index (κ2) is 5.95. The molecule has 0 saturated carbocycles. The topological polar surface area (TPSA) is 21.8 Å². The Labute approximate surface area is 114 Å². The second-order valence-electron chi connectivity index (χ2n) is 5.07. The number of hydrogen-bond donors (Lipinski definition) is 1. The summed E-state index contributed by atoms with van der Waals surface area (Å²) in [7, 11) is 9.24. The van der Waals surface area contributed by atoms with Gasteiger partial charge < -0.3 is 4.98 Å². The third-order valence-electron chi connectivity index (χ3n) is 3.10. The molecule has 4 nitrogen and oxygen atoms in total. The van der Waals surface area contributed by atoms with E-state index in [1.807, 2.05) is 42.3 Å². The number of nitrogens with one attached hydrogen (secondary N) is 1. The number of benzene rings is 1. The van der Waals surface area contributed by atoms with Crippen LogP contribution in [0.3, 0.4) is 0 Å². The van der Waals surface area contributed by atoms with Crippen molar-refractivity contribution in [3.05, 3.63) is 29.8 Å². The highest BCUT2D eigenvalue weighted by molar-refractivity contribution is 6.74. The lowest BCUT2D eigenvalue weighted by molar-refractivity contribution is 0.386. The van der Waals surface area contributed by atoms with Crippen molar-refractivity contribution in [1.82, 2.24) is 13.7 Å². The first-order valence-electron chi connectivity index (χ1n) is 5.97. The minimum atomic E-state index is -2.43. The van der Waals surface area contributed by atoms with Crippen molar-refractivity contribution < 1.29 is 8.78 Å². The van der Waals surface area contributed by atoms with E-state index in [2.05, 4.69) is 18.7 Å². The van der Waals surface area contributed by atoms with Crippen molar-refractivity contribution in [2.45, 2.75) is 0 Å². The zero-order valence-corrected chi connectivity index (χ0v) is 13.3. The zero-order chi connectivity index (χ0) is 14.8. The summed E-state index contributed by atoms with van der Waals surface area (Å²) in [6, 6.07) is 3.58. The van der Waals surface area contributed by atoms with Gasteiger partial charge in [0.05, 0.1) is 5.69 Å². The summed E-state index contributed by atoms with van der Waals surface area (Å²) in [6.45, 7) is 0. The van der Waals surface area contributed by atoms with E-state index in [9.17, 15) is 8.78 Å². The normalized spacial score (nSPS) is 12.6. The van der Waals surface area contributed by atoms with Crippen LogP contribution in [-0.2, 0) is 0 Å². The van der Waals surface area contributed by atoms with Crippen molar-refractivity contribution in [2.75, 3.05) is 47.3 Å². The fourth-order valence-corrected chi connectivity index (χ4v) is 5.94. The molecule has 0 aliphatic carbocycles. The van der Waals surface area contributed by atoms with Crippen LogP contribution >= 0.6 is 0 Å². The second-order valence-corrected chi connectivity index (χ2v) is 9.27. The molecule has 0 aliphatic heterocycles. The Hall–Kier alpha value is -1.02. The standard InChI is InChI=1S/C12H22F2N4Si/c1-16(2)19(17(3)4,18(5)6)15-12-8-7-10(13)9-11(12)14/h7-9,15H,1-6H3. The molecule has 0 aromatic heterocycles. The van der Waals surface area contributed by atoms with Gasteiger partial charge in [-0.15, -0.1) is 0 Å². The number of hydrogen-bond acceptors (Lipinski definition) is 4. The lowest BCUT2D eigenvalue weighted by Crippen LogP contribution is -2.75. The van der Waals surface area contributed by atoms with Gasteiger partial charge in [-0.05, 0) is 54.4 Å². The predicted molar refractivity (Wildman–Crippen MR) is 76.8 cm³/mol. The van der Waals surface area contributed by atoms with Crippen LogP contribution in [0.4, 0.5) is 14.5 Å². The quantitative estimate of drug-likeness (QED) is 0.829. The van der Waals surface area contributed by atoms with Gasteiger partial charge in [-0.1, -0.05) is 0 Å². The Kier molecular flexibility index (Phi) is 5.02. The highest BCUT2D eigenvalue weighted by Crippen LogP contribution is 2.21. The van der Waals surface area contributed by atoms with E-state index < -0.39 is 20.4 Å². The molecule has 0 saturated heterocycles. The third kappa shape index (κ3) is 3.11. The molecule has 19 heavy (non-hydrogen) atoms. The predicted octanol–water partition coefficient (Wildman–Crippen LogP) is 1.50. The molecule has 1 N–H and O–H groups in total. The average Bonchev–Trinajstić information content (AvgIpc) is 2.26. The van der Waals surface area contributed by atoms with E-state index in [1.165, 1.54) is 12.1 Å². The molecule has 0 bridgehead atoms. The molecule has 7 heteroatoms. The van der Waals surface area contributed by atoms with Gasteiger partial charge in [0.1, 0.15) is 11.6 Å². The van der Waals surface area contributed by atoms with E-state index in [4.69, 9.17) is 0 Å². The minimum absolute atomic E-state index is 0.309. The molecule has 0 atom stereocenters. The summed E-state index contributed by atoms with van der Waals surface area (Å²) >= 11 is 0. The van der Waals surface area contributed by atoms with Crippen LogP contribution in [0.1, 0.15) is 0 Å². The Morgan fingerprint density at radius 3 is 1.74 bits per heavy atom. The molecule has 108 valence electrons. The molecule has 0 heterocycles. The lowest BCUT2D eigenvalue weighted by atomic mass is 10.3. The molecular weight excluding hydrogens is 266 g/mol. The van der Waals surface area contributed by atoms with Crippen LogP contribution in [0.15, 0.2) is 18.2 Å². The van der Waals surface area contributed by atoms with Gasteiger partial charge in [0, 0.05) is 6.07 Å². The van der Waals surface area contributed by atoms with Crippen LogP contribution in [0.25, 0.3) is 0 Å². The minimum Gasteiger partial charge on any atom is -0.372 e. The number of rotatable bonds is 5. The smallest absolute Gasteiger partial charge is 0.372 e. The van der Waals surface area contributed by atoms with Crippen molar-refractivity contribution in [3.63, 3.8) is 0 Å². The summed E-state index contributed by atoms with van der Waals surface area (Å²) in [4.78, 5) is 3.26. The average molecular weight is 288 g/mol. The Bertz CT molecular complexity index is 416. The van der Waals surface area contributed by atoms with Gasteiger partial charge in [0.15, 0.2) is 0 Å². The molecule has 0 radical (unpaired) electrons. The first kappa shape index (κ1) is 16.0. The number of anilines is 1. The number of nitrogens with zero attached hydrogens (tertiary/aromatic N) is 3. The maximum Gasteiger partial charge on any atom is 0.404 e. The molecule has 1 rings (SSSR count). The van der Waals surface area contributed by atoms with E-state index in [-0.39, 0.29) is 0 Å². The molecule has 1 aromatic rings. The van der Waals surface area contributed by atoms with E-state index in [1.54, 1.807) is 0 Å². The van der Waals surface area contributed by atoms with Crippen LogP contribution < -0.4 is 4.98 Å².